The zero-order chi connectivity index (χ0) is 19.1. The lowest BCUT2D eigenvalue weighted by Crippen LogP contribution is -2.53. The zero-order valence-corrected chi connectivity index (χ0v) is 17.0. The largest absolute Gasteiger partial charge is 0.458 e. The van der Waals surface area contributed by atoms with Crippen LogP contribution < -0.4 is 0 Å². The molecule has 0 aromatic rings. The Bertz CT molecular complexity index is 582. The van der Waals surface area contributed by atoms with Gasteiger partial charge in [0.1, 0.15) is 5.60 Å². The Kier molecular flexibility index (Phi) is 3.84. The van der Waals surface area contributed by atoms with Crippen molar-refractivity contribution in [3.63, 3.8) is 0 Å². The Morgan fingerprint density at radius 3 is 2.04 bits per heavy atom. The van der Waals surface area contributed by atoms with E-state index in [2.05, 4.69) is 41.5 Å². The molecule has 4 fully saturated rings. The molecule has 0 aromatic heterocycles. The molecule has 25 heavy (non-hydrogen) atoms. The Morgan fingerprint density at radius 1 is 1.00 bits per heavy atom. The maximum atomic E-state index is 13.4. The molecule has 0 aromatic carbocycles. The predicted octanol–water partition coefficient (Wildman–Crippen LogP) is 3.83. The van der Waals surface area contributed by atoms with E-state index in [4.69, 9.17) is 4.74 Å². The van der Waals surface area contributed by atoms with Gasteiger partial charge in [-0.3, -0.25) is 4.79 Å². The van der Waals surface area contributed by atoms with Gasteiger partial charge in [-0.05, 0) is 42.9 Å². The highest BCUT2D eigenvalue weighted by atomic mass is 16.6. The van der Waals surface area contributed by atoms with E-state index in [-0.39, 0.29) is 22.7 Å². The lowest BCUT2D eigenvalue weighted by atomic mass is 9.61. The Balaban J connectivity index is 1.86. The molecule has 0 aliphatic heterocycles. The van der Waals surface area contributed by atoms with Crippen molar-refractivity contribution >= 4 is 5.97 Å². The van der Waals surface area contributed by atoms with Crippen molar-refractivity contribution in [2.24, 2.45) is 22.2 Å². The number of rotatable bonds is 3. The third kappa shape index (κ3) is 3.03. The van der Waals surface area contributed by atoms with Crippen molar-refractivity contribution < 1.29 is 19.7 Å². The summed E-state index contributed by atoms with van der Waals surface area (Å²) in [6.45, 7) is 14.7. The van der Waals surface area contributed by atoms with Crippen LogP contribution in [0.25, 0.3) is 0 Å². The molecular formula is C21H36O4. The molecule has 4 nitrogen and oxygen atoms in total. The van der Waals surface area contributed by atoms with Crippen LogP contribution in [-0.4, -0.2) is 33.0 Å². The summed E-state index contributed by atoms with van der Waals surface area (Å²) in [5.74, 6) is -0.119. The second kappa shape index (κ2) is 5.01. The molecule has 2 N–H and O–H groups in total. The van der Waals surface area contributed by atoms with Crippen LogP contribution in [0.15, 0.2) is 0 Å². The smallest absolute Gasteiger partial charge is 0.312 e. The van der Waals surface area contributed by atoms with E-state index < -0.39 is 22.2 Å². The topological polar surface area (TPSA) is 66.8 Å². The summed E-state index contributed by atoms with van der Waals surface area (Å²) in [4.78, 5) is 13.4. The molecule has 4 saturated carbocycles. The van der Waals surface area contributed by atoms with Crippen LogP contribution in [0.1, 0.15) is 87.0 Å². The maximum absolute atomic E-state index is 13.4. The average Bonchev–Trinajstić information content (AvgIpc) is 2.61. The summed E-state index contributed by atoms with van der Waals surface area (Å²) in [6.07, 6.45) is 3.45. The molecular weight excluding hydrogens is 316 g/mol. The van der Waals surface area contributed by atoms with Gasteiger partial charge >= 0.3 is 5.97 Å². The van der Waals surface area contributed by atoms with Gasteiger partial charge in [-0.1, -0.05) is 41.5 Å². The second-order valence-electron chi connectivity index (χ2n) is 11.9. The Labute approximate surface area is 152 Å². The molecule has 4 aliphatic carbocycles. The number of hydrogen-bond donors (Lipinski definition) is 2. The maximum Gasteiger partial charge on any atom is 0.312 e. The standard InChI is InChI=1S/C21H36O4/c1-16(2,3)10-18(7,17(4,5)6)15(22)25-20-9-14-8-19(23,11-20)12-21(14,24)13-20/h14,23-24H,8-13H2,1-7H3. The summed E-state index contributed by atoms with van der Waals surface area (Å²) in [5, 5.41) is 21.6. The quantitative estimate of drug-likeness (QED) is 0.758. The van der Waals surface area contributed by atoms with Crippen LogP contribution in [0.3, 0.4) is 0 Å². The van der Waals surface area contributed by atoms with Gasteiger partial charge < -0.3 is 14.9 Å². The third-order valence-electron chi connectivity index (χ3n) is 7.22. The number of esters is 1. The van der Waals surface area contributed by atoms with Gasteiger partial charge in [0.15, 0.2) is 0 Å². The summed E-state index contributed by atoms with van der Waals surface area (Å²) < 4.78 is 6.18. The first-order chi connectivity index (χ1) is 11.0. The highest BCUT2D eigenvalue weighted by Crippen LogP contribution is 2.65. The molecule has 4 aliphatic rings. The number of carbonyl (C=O) groups is 1. The van der Waals surface area contributed by atoms with Gasteiger partial charge in [0, 0.05) is 19.3 Å². The van der Waals surface area contributed by atoms with Crippen molar-refractivity contribution in [2.75, 3.05) is 0 Å². The first-order valence-corrected chi connectivity index (χ1v) is 9.70. The normalized spacial score (nSPS) is 42.5. The van der Waals surface area contributed by atoms with Crippen LogP contribution in [0, 0.1) is 22.2 Å². The van der Waals surface area contributed by atoms with Crippen molar-refractivity contribution in [1.82, 2.24) is 0 Å². The minimum Gasteiger partial charge on any atom is -0.458 e. The minimum atomic E-state index is -0.863. The van der Waals surface area contributed by atoms with Crippen molar-refractivity contribution in [3.8, 4) is 0 Å². The SMILES string of the molecule is CC(C)(C)CC(C)(C(=O)OC12CC3CC(O)(C1)CC3(O)C2)C(C)(C)C. The van der Waals surface area contributed by atoms with E-state index in [1.807, 2.05) is 6.92 Å². The predicted molar refractivity (Wildman–Crippen MR) is 96.9 cm³/mol. The van der Waals surface area contributed by atoms with Crippen LogP contribution in [0.5, 0.6) is 0 Å². The number of ether oxygens (including phenoxy) is 1. The highest BCUT2D eigenvalue weighted by molar-refractivity contribution is 5.78. The monoisotopic (exact) mass is 352 g/mol. The minimum absolute atomic E-state index is 0.00202. The van der Waals surface area contributed by atoms with Crippen molar-refractivity contribution in [1.29, 1.82) is 0 Å². The number of carbonyl (C=O) groups excluding carboxylic acids is 1. The van der Waals surface area contributed by atoms with Crippen LogP contribution >= 0.6 is 0 Å². The third-order valence-corrected chi connectivity index (χ3v) is 7.22. The highest BCUT2D eigenvalue weighted by Gasteiger charge is 2.71. The van der Waals surface area contributed by atoms with Gasteiger partial charge in [0.2, 0.25) is 0 Å². The lowest BCUT2D eigenvalue weighted by Gasteiger charge is -2.48. The molecule has 4 rings (SSSR count). The van der Waals surface area contributed by atoms with E-state index in [9.17, 15) is 15.0 Å². The molecule has 0 amide bonds. The molecule has 0 saturated heterocycles. The molecule has 5 atom stereocenters. The van der Waals surface area contributed by atoms with Gasteiger partial charge in [0.05, 0.1) is 16.6 Å². The van der Waals surface area contributed by atoms with Crippen LogP contribution in [0.2, 0.25) is 0 Å². The van der Waals surface area contributed by atoms with E-state index in [1.165, 1.54) is 0 Å². The molecule has 4 bridgehead atoms. The van der Waals surface area contributed by atoms with Gasteiger partial charge in [-0.15, -0.1) is 0 Å². The molecule has 0 heterocycles. The van der Waals surface area contributed by atoms with Gasteiger partial charge in [0.25, 0.3) is 0 Å². The van der Waals surface area contributed by atoms with Gasteiger partial charge in [-0.2, -0.15) is 0 Å². The molecule has 5 unspecified atom stereocenters. The lowest BCUT2D eigenvalue weighted by molar-refractivity contribution is -0.197. The molecule has 4 heteroatoms. The van der Waals surface area contributed by atoms with E-state index in [1.54, 1.807) is 0 Å². The number of aliphatic hydroxyl groups is 2. The summed E-state index contributed by atoms with van der Waals surface area (Å²) in [7, 11) is 0. The zero-order valence-electron chi connectivity index (χ0n) is 17.0. The average molecular weight is 353 g/mol. The summed E-state index contributed by atoms with van der Waals surface area (Å²) >= 11 is 0. The fourth-order valence-corrected chi connectivity index (χ4v) is 5.98. The number of hydrogen-bond acceptors (Lipinski definition) is 4. The van der Waals surface area contributed by atoms with Crippen LogP contribution in [-0.2, 0) is 9.53 Å². The first kappa shape index (κ1) is 19.2. The first-order valence-electron chi connectivity index (χ1n) is 9.70. The Hall–Kier alpha value is -0.610. The molecule has 0 spiro atoms. The van der Waals surface area contributed by atoms with Crippen molar-refractivity contribution in [2.45, 2.75) is 104 Å². The van der Waals surface area contributed by atoms with Crippen LogP contribution in [0.4, 0.5) is 0 Å². The molecule has 144 valence electrons. The fraction of sp³-hybridized carbons (Fsp3) is 0.952. The van der Waals surface area contributed by atoms with E-state index >= 15 is 0 Å². The van der Waals surface area contributed by atoms with Crippen molar-refractivity contribution in [3.05, 3.63) is 0 Å². The Morgan fingerprint density at radius 2 is 1.60 bits per heavy atom. The van der Waals surface area contributed by atoms with E-state index in [0.717, 1.165) is 6.42 Å². The molecule has 0 radical (unpaired) electrons. The summed E-state index contributed by atoms with van der Waals surface area (Å²) in [6, 6.07) is 0. The second-order valence-corrected chi connectivity index (χ2v) is 11.9. The van der Waals surface area contributed by atoms with Gasteiger partial charge in [-0.25, -0.2) is 0 Å². The van der Waals surface area contributed by atoms with E-state index in [0.29, 0.717) is 32.1 Å². The fourth-order valence-electron chi connectivity index (χ4n) is 5.98. The summed E-state index contributed by atoms with van der Waals surface area (Å²) in [5.41, 5.74) is -3.26.